The lowest BCUT2D eigenvalue weighted by molar-refractivity contribution is 1.31. The van der Waals surface area contributed by atoms with Crippen LogP contribution >= 0.6 is 75.5 Å². The second-order valence-electron chi connectivity index (χ2n) is 3.21. The maximum Gasteiger partial charge on any atom is 0.0482 e. The Balaban J connectivity index is 2.41. The van der Waals surface area contributed by atoms with E-state index in [2.05, 4.69) is 81.9 Å². The Morgan fingerprint density at radius 1 is 0.765 bits per heavy atom. The molecule has 0 aliphatic rings. The Hall–Kier alpha value is 0.710. The van der Waals surface area contributed by atoms with Crippen molar-refractivity contribution in [3.63, 3.8) is 0 Å². The zero-order valence-corrected chi connectivity index (χ0v) is 15.5. The molecule has 0 bridgehead atoms. The standard InChI is InChI=1S/C12H6Br4S/c13-8-6-9(11(15)12(16)10(8)14)17-7-4-2-1-3-5-7/h1-6H. The fourth-order valence-corrected chi connectivity index (χ4v) is 4.69. The van der Waals surface area contributed by atoms with Crippen molar-refractivity contribution in [3.05, 3.63) is 54.3 Å². The third-order valence-corrected chi connectivity index (χ3v) is 8.01. The van der Waals surface area contributed by atoms with E-state index in [1.807, 2.05) is 18.2 Å². The van der Waals surface area contributed by atoms with Crippen molar-refractivity contribution in [3.8, 4) is 0 Å². The molecule has 0 unspecified atom stereocenters. The van der Waals surface area contributed by atoms with E-state index >= 15 is 0 Å². The molecule has 2 aromatic carbocycles. The maximum atomic E-state index is 3.60. The summed E-state index contributed by atoms with van der Waals surface area (Å²) in [6.45, 7) is 0. The molecule has 2 rings (SSSR count). The molecule has 0 spiro atoms. The van der Waals surface area contributed by atoms with E-state index < -0.39 is 0 Å². The molecule has 2 aromatic rings. The smallest absolute Gasteiger partial charge is 0.0482 e. The largest absolute Gasteiger partial charge is 0.0888 e. The number of hydrogen-bond acceptors (Lipinski definition) is 1. The fourth-order valence-electron chi connectivity index (χ4n) is 1.24. The van der Waals surface area contributed by atoms with Crippen LogP contribution in [0.3, 0.4) is 0 Å². The summed E-state index contributed by atoms with van der Waals surface area (Å²) in [6.07, 6.45) is 0. The van der Waals surface area contributed by atoms with Crippen molar-refractivity contribution in [1.29, 1.82) is 0 Å². The van der Waals surface area contributed by atoms with Crippen molar-refractivity contribution < 1.29 is 0 Å². The van der Waals surface area contributed by atoms with Gasteiger partial charge in [-0.15, -0.1) is 0 Å². The van der Waals surface area contributed by atoms with Crippen LogP contribution < -0.4 is 0 Å². The topological polar surface area (TPSA) is 0 Å². The van der Waals surface area contributed by atoms with Gasteiger partial charge in [0.25, 0.3) is 0 Å². The minimum atomic E-state index is 1.02. The quantitative estimate of drug-likeness (QED) is 0.319. The third kappa shape index (κ3) is 3.38. The van der Waals surface area contributed by atoms with Crippen molar-refractivity contribution in [2.24, 2.45) is 0 Å². The number of rotatable bonds is 2. The molecule has 0 radical (unpaired) electrons. The third-order valence-electron chi connectivity index (χ3n) is 2.04. The van der Waals surface area contributed by atoms with Crippen LogP contribution in [0.2, 0.25) is 0 Å². The van der Waals surface area contributed by atoms with Gasteiger partial charge in [0.1, 0.15) is 0 Å². The van der Waals surface area contributed by atoms with Crippen molar-refractivity contribution in [2.75, 3.05) is 0 Å². The normalized spacial score (nSPS) is 10.6. The highest BCUT2D eigenvalue weighted by molar-refractivity contribution is 9.15. The molecule has 0 aromatic heterocycles. The molecule has 0 saturated carbocycles. The van der Waals surface area contributed by atoms with Gasteiger partial charge < -0.3 is 0 Å². The van der Waals surface area contributed by atoms with E-state index in [-0.39, 0.29) is 0 Å². The van der Waals surface area contributed by atoms with Crippen molar-refractivity contribution in [2.45, 2.75) is 9.79 Å². The van der Waals surface area contributed by atoms with E-state index in [9.17, 15) is 0 Å². The molecule has 0 heterocycles. The van der Waals surface area contributed by atoms with Crippen LogP contribution in [0.25, 0.3) is 0 Å². The molecule has 0 amide bonds. The lowest BCUT2D eigenvalue weighted by Crippen LogP contribution is -1.82. The summed E-state index contributed by atoms with van der Waals surface area (Å²) in [6, 6.07) is 12.4. The van der Waals surface area contributed by atoms with Gasteiger partial charge in [-0.1, -0.05) is 30.0 Å². The highest BCUT2D eigenvalue weighted by atomic mass is 79.9. The minimum Gasteiger partial charge on any atom is -0.0888 e. The lowest BCUT2D eigenvalue weighted by Gasteiger charge is -2.09. The predicted octanol–water partition coefficient (Wildman–Crippen LogP) is 6.89. The van der Waals surface area contributed by atoms with E-state index in [0.29, 0.717) is 0 Å². The van der Waals surface area contributed by atoms with Gasteiger partial charge in [-0.25, -0.2) is 0 Å². The zero-order valence-electron chi connectivity index (χ0n) is 8.38. The van der Waals surface area contributed by atoms with Gasteiger partial charge in [0.2, 0.25) is 0 Å². The second kappa shape index (κ2) is 6.24. The van der Waals surface area contributed by atoms with Crippen LogP contribution in [0.1, 0.15) is 0 Å². The zero-order chi connectivity index (χ0) is 12.4. The Bertz CT molecular complexity index is 540. The highest BCUT2D eigenvalue weighted by Gasteiger charge is 2.12. The van der Waals surface area contributed by atoms with Gasteiger partial charge in [-0.3, -0.25) is 0 Å². The first-order chi connectivity index (χ1) is 8.09. The molecule has 88 valence electrons. The molecular formula is C12H6Br4S. The van der Waals surface area contributed by atoms with Gasteiger partial charge in [0, 0.05) is 27.7 Å². The molecular weight excluding hydrogens is 496 g/mol. The van der Waals surface area contributed by atoms with Crippen LogP contribution in [0.15, 0.2) is 64.1 Å². The minimum absolute atomic E-state index is 1.02. The first kappa shape index (κ1) is 14.1. The predicted molar refractivity (Wildman–Crippen MR) is 87.8 cm³/mol. The average molecular weight is 502 g/mol. The van der Waals surface area contributed by atoms with Crippen molar-refractivity contribution >= 4 is 75.5 Å². The molecule has 5 heteroatoms. The van der Waals surface area contributed by atoms with Crippen LogP contribution in [0, 0.1) is 0 Å². The fraction of sp³-hybridized carbons (Fsp3) is 0. The van der Waals surface area contributed by atoms with E-state index in [4.69, 9.17) is 0 Å². The summed E-state index contributed by atoms with van der Waals surface area (Å²) in [4.78, 5) is 2.38. The van der Waals surface area contributed by atoms with Crippen LogP contribution in [-0.4, -0.2) is 0 Å². The van der Waals surface area contributed by atoms with Crippen LogP contribution in [0.4, 0.5) is 0 Å². The van der Waals surface area contributed by atoms with Crippen LogP contribution in [-0.2, 0) is 0 Å². The number of benzene rings is 2. The molecule has 0 aliphatic heterocycles. The highest BCUT2D eigenvalue weighted by Crippen LogP contribution is 2.44. The Labute approximate surface area is 138 Å². The maximum absolute atomic E-state index is 3.60. The lowest BCUT2D eigenvalue weighted by atomic mass is 10.4. The monoisotopic (exact) mass is 498 g/mol. The SMILES string of the molecule is Brc1cc(Sc2ccccc2)c(Br)c(Br)c1Br. The van der Waals surface area contributed by atoms with Crippen LogP contribution in [0.5, 0.6) is 0 Å². The summed E-state index contributed by atoms with van der Waals surface area (Å²) in [5.41, 5.74) is 0. The van der Waals surface area contributed by atoms with E-state index in [1.165, 1.54) is 4.90 Å². The summed E-state index contributed by atoms with van der Waals surface area (Å²) in [5.74, 6) is 0. The summed E-state index contributed by atoms with van der Waals surface area (Å²) in [5, 5.41) is 0. The molecule has 0 saturated heterocycles. The Morgan fingerprint density at radius 3 is 2.06 bits per heavy atom. The summed E-state index contributed by atoms with van der Waals surface area (Å²) >= 11 is 15.9. The number of halogens is 4. The second-order valence-corrected chi connectivity index (χ2v) is 7.56. The molecule has 17 heavy (non-hydrogen) atoms. The molecule has 0 aliphatic carbocycles. The number of hydrogen-bond donors (Lipinski definition) is 0. The molecule has 0 atom stereocenters. The average Bonchev–Trinajstić information content (AvgIpc) is 2.35. The molecule has 0 N–H and O–H groups in total. The summed E-state index contributed by atoms with van der Waals surface area (Å²) < 4.78 is 4.12. The van der Waals surface area contributed by atoms with Crippen molar-refractivity contribution in [1.82, 2.24) is 0 Å². The first-order valence-electron chi connectivity index (χ1n) is 4.65. The molecule has 0 fully saturated rings. The van der Waals surface area contributed by atoms with Gasteiger partial charge in [0.15, 0.2) is 0 Å². The van der Waals surface area contributed by atoms with E-state index in [1.54, 1.807) is 11.8 Å². The first-order valence-corrected chi connectivity index (χ1v) is 8.64. The summed E-state index contributed by atoms with van der Waals surface area (Å²) in [7, 11) is 0. The van der Waals surface area contributed by atoms with Gasteiger partial charge in [-0.2, -0.15) is 0 Å². The Kier molecular flexibility index (Phi) is 5.18. The van der Waals surface area contributed by atoms with Gasteiger partial charge >= 0.3 is 0 Å². The Morgan fingerprint density at radius 2 is 1.41 bits per heavy atom. The van der Waals surface area contributed by atoms with Gasteiger partial charge in [-0.05, 0) is 81.9 Å². The van der Waals surface area contributed by atoms with Gasteiger partial charge in [0.05, 0.1) is 0 Å². The van der Waals surface area contributed by atoms with E-state index in [0.717, 1.165) is 22.8 Å². The molecule has 0 nitrogen and oxygen atoms in total.